The number of ketones is 1. The van der Waals surface area contributed by atoms with Crippen molar-refractivity contribution in [3.05, 3.63) is 77.0 Å². The molecule has 3 rings (SSSR count). The van der Waals surface area contributed by atoms with Gasteiger partial charge in [0, 0.05) is 28.6 Å². The van der Waals surface area contributed by atoms with E-state index in [1.807, 2.05) is 6.92 Å². The van der Waals surface area contributed by atoms with Crippen molar-refractivity contribution < 1.29 is 18.4 Å². The molecule has 0 spiro atoms. The second kappa shape index (κ2) is 10.2. The third kappa shape index (κ3) is 5.17. The van der Waals surface area contributed by atoms with Crippen LogP contribution in [0.1, 0.15) is 39.6 Å². The Labute approximate surface area is 193 Å². The summed E-state index contributed by atoms with van der Waals surface area (Å²) in [6.07, 6.45) is 2.26. The highest BCUT2D eigenvalue weighted by atomic mass is 32.2. The van der Waals surface area contributed by atoms with Gasteiger partial charge in [-0.05, 0) is 42.3 Å². The maximum Gasteiger partial charge on any atom is 0.248 e. The average Bonchev–Trinajstić information content (AvgIpc) is 2.80. The molecule has 0 aliphatic heterocycles. The third-order valence-electron chi connectivity index (χ3n) is 4.72. The van der Waals surface area contributed by atoms with Crippen molar-refractivity contribution in [2.45, 2.75) is 13.3 Å². The number of carbonyl (C=O) groups excluding carboxylic acids is 2. The van der Waals surface area contributed by atoms with Crippen LogP contribution in [-0.4, -0.2) is 28.1 Å². The number of pyridine rings is 1. The largest absolute Gasteiger partial charge is 0.383 e. The smallest absolute Gasteiger partial charge is 0.248 e. The predicted octanol–water partition coefficient (Wildman–Crippen LogP) is 4.43. The lowest BCUT2D eigenvalue weighted by molar-refractivity contribution is 0.0999. The van der Waals surface area contributed by atoms with Gasteiger partial charge in [-0.1, -0.05) is 31.0 Å². The number of hydrogen-bond acceptors (Lipinski definition) is 7. The summed E-state index contributed by atoms with van der Waals surface area (Å²) in [7, 11) is 0. The molecule has 0 fully saturated rings. The molecule has 1 heterocycles. The number of nitrogen functional groups attached to an aromatic ring is 1. The summed E-state index contributed by atoms with van der Waals surface area (Å²) < 4.78 is 32.1. The highest BCUT2D eigenvalue weighted by molar-refractivity contribution is 8.00. The van der Waals surface area contributed by atoms with E-state index in [2.05, 4.69) is 9.71 Å². The topological polar surface area (TPSA) is 135 Å². The van der Waals surface area contributed by atoms with Crippen LogP contribution < -0.4 is 16.2 Å². The fourth-order valence-electron chi connectivity index (χ4n) is 2.98. The molecule has 0 atom stereocenters. The number of benzene rings is 2. The first kappa shape index (κ1) is 23.9. The Hall–Kier alpha value is -3.79. The minimum Gasteiger partial charge on any atom is -0.383 e. The van der Waals surface area contributed by atoms with Crippen LogP contribution in [0.2, 0.25) is 0 Å². The maximum atomic E-state index is 14.9. The van der Waals surface area contributed by atoms with Gasteiger partial charge in [-0.15, -0.1) is 0 Å². The molecule has 0 bridgehead atoms. The van der Waals surface area contributed by atoms with Gasteiger partial charge in [-0.25, -0.2) is 13.8 Å². The quantitative estimate of drug-likeness (QED) is 0.158. The molecule has 0 unspecified atom stereocenters. The summed E-state index contributed by atoms with van der Waals surface area (Å²) >= 11 is 1.22. The third-order valence-corrected chi connectivity index (χ3v) is 5.70. The van der Waals surface area contributed by atoms with Crippen molar-refractivity contribution in [1.29, 1.82) is 5.41 Å². The van der Waals surface area contributed by atoms with Crippen molar-refractivity contribution in [3.8, 4) is 11.1 Å². The lowest BCUT2D eigenvalue weighted by Gasteiger charge is -2.12. The van der Waals surface area contributed by atoms with Crippen LogP contribution in [0.3, 0.4) is 0 Å². The zero-order valence-electron chi connectivity index (χ0n) is 17.6. The molecule has 0 aliphatic carbocycles. The van der Waals surface area contributed by atoms with Gasteiger partial charge in [0.2, 0.25) is 11.7 Å². The van der Waals surface area contributed by atoms with Gasteiger partial charge in [-0.2, -0.15) is 0 Å². The van der Waals surface area contributed by atoms with E-state index in [0.29, 0.717) is 22.4 Å². The van der Waals surface area contributed by atoms with Crippen LogP contribution >= 0.6 is 11.9 Å². The number of anilines is 2. The molecule has 33 heavy (non-hydrogen) atoms. The standard InChI is InChI=1S/C23H21F2N5O2S/c1-2-9-33-30-17-8-7-16(24)18(19(17)25)21(31)20(26)15-10-14(11-29-22(15)27)12-3-5-13(6-4-12)23(28)32/h3-8,10-11,26,30H,2,9H2,1H3,(H2,27,29)(H2,28,32). The van der Waals surface area contributed by atoms with Crippen molar-refractivity contribution in [3.63, 3.8) is 0 Å². The van der Waals surface area contributed by atoms with Crippen LogP contribution in [-0.2, 0) is 0 Å². The summed E-state index contributed by atoms with van der Waals surface area (Å²) in [6.45, 7) is 1.95. The average molecular weight is 470 g/mol. The number of halogens is 2. The fraction of sp³-hybridized carbons (Fsp3) is 0.130. The summed E-state index contributed by atoms with van der Waals surface area (Å²) in [5.74, 6) is -3.37. The van der Waals surface area contributed by atoms with Crippen LogP contribution in [0, 0.1) is 17.0 Å². The molecule has 1 amide bonds. The van der Waals surface area contributed by atoms with Gasteiger partial charge in [0.1, 0.15) is 17.3 Å². The van der Waals surface area contributed by atoms with Crippen LogP contribution in [0.4, 0.5) is 20.3 Å². The first-order valence-corrected chi connectivity index (χ1v) is 10.9. The number of hydrogen-bond donors (Lipinski definition) is 4. The molecule has 10 heteroatoms. The van der Waals surface area contributed by atoms with Crippen molar-refractivity contribution in [1.82, 2.24) is 4.98 Å². The Bertz CT molecular complexity index is 1230. The van der Waals surface area contributed by atoms with E-state index in [9.17, 15) is 18.4 Å². The Morgan fingerprint density at radius 3 is 2.45 bits per heavy atom. The number of amides is 1. The Morgan fingerprint density at radius 1 is 1.12 bits per heavy atom. The van der Waals surface area contributed by atoms with Crippen LogP contribution in [0.15, 0.2) is 48.7 Å². The van der Waals surface area contributed by atoms with Crippen LogP contribution in [0.25, 0.3) is 11.1 Å². The number of nitrogens with zero attached hydrogens (tertiary/aromatic N) is 1. The minimum atomic E-state index is -1.16. The van der Waals surface area contributed by atoms with Crippen molar-refractivity contribution in [2.24, 2.45) is 5.73 Å². The first-order valence-electron chi connectivity index (χ1n) is 9.89. The first-order chi connectivity index (χ1) is 15.7. The molecule has 1 aromatic heterocycles. The highest BCUT2D eigenvalue weighted by Gasteiger charge is 2.26. The van der Waals surface area contributed by atoms with E-state index in [1.165, 1.54) is 42.4 Å². The van der Waals surface area contributed by atoms with Gasteiger partial charge < -0.3 is 16.2 Å². The summed E-state index contributed by atoms with van der Waals surface area (Å²) in [4.78, 5) is 28.2. The van der Waals surface area contributed by atoms with Crippen molar-refractivity contribution in [2.75, 3.05) is 16.2 Å². The SMILES string of the molecule is CCCSNc1ccc(F)c(C(=O)C(=N)c2cc(-c3ccc(C(N)=O)cc3)cnc2N)c1F. The normalized spacial score (nSPS) is 10.6. The molecule has 0 saturated carbocycles. The van der Waals surface area contributed by atoms with E-state index < -0.39 is 34.6 Å². The number of nitrogens with two attached hydrogens (primary N) is 2. The molecule has 0 aliphatic rings. The molecule has 170 valence electrons. The molecule has 0 radical (unpaired) electrons. The molecule has 0 saturated heterocycles. The number of carbonyl (C=O) groups is 2. The molecule has 6 N–H and O–H groups in total. The van der Waals surface area contributed by atoms with Crippen LogP contribution in [0.5, 0.6) is 0 Å². The number of aromatic nitrogens is 1. The number of Topliss-reactive ketones (excluding diaryl/α,β-unsaturated/α-hetero) is 1. The predicted molar refractivity (Wildman–Crippen MR) is 126 cm³/mol. The number of primary amides is 1. The Kier molecular flexibility index (Phi) is 7.39. The molecule has 7 nitrogen and oxygen atoms in total. The fourth-order valence-corrected chi connectivity index (χ4v) is 3.60. The van der Waals surface area contributed by atoms with Gasteiger partial charge in [-0.3, -0.25) is 15.0 Å². The summed E-state index contributed by atoms with van der Waals surface area (Å²) in [6, 6.07) is 9.86. The van der Waals surface area contributed by atoms with E-state index in [4.69, 9.17) is 16.9 Å². The van der Waals surface area contributed by atoms with E-state index in [1.54, 1.807) is 12.1 Å². The van der Waals surface area contributed by atoms with Gasteiger partial charge in [0.15, 0.2) is 5.82 Å². The Morgan fingerprint density at radius 2 is 1.82 bits per heavy atom. The minimum absolute atomic E-state index is 0.0552. The van der Waals surface area contributed by atoms with E-state index in [-0.39, 0.29) is 17.1 Å². The van der Waals surface area contributed by atoms with Gasteiger partial charge in [0.25, 0.3) is 0 Å². The number of rotatable bonds is 9. The molecule has 3 aromatic rings. The summed E-state index contributed by atoms with van der Waals surface area (Å²) in [5, 5.41) is 8.31. The second-order valence-electron chi connectivity index (χ2n) is 7.04. The van der Waals surface area contributed by atoms with E-state index in [0.717, 1.165) is 12.5 Å². The summed E-state index contributed by atoms with van der Waals surface area (Å²) in [5.41, 5.74) is 10.8. The lowest BCUT2D eigenvalue weighted by atomic mass is 9.97. The maximum absolute atomic E-state index is 14.9. The monoisotopic (exact) mass is 469 g/mol. The van der Waals surface area contributed by atoms with E-state index >= 15 is 0 Å². The highest BCUT2D eigenvalue weighted by Crippen LogP contribution is 2.27. The molecular formula is C23H21F2N5O2S. The van der Waals surface area contributed by atoms with Crippen molar-refractivity contribution >= 4 is 40.9 Å². The number of nitrogens with one attached hydrogen (secondary N) is 2. The van der Waals surface area contributed by atoms with Gasteiger partial charge in [0.05, 0.1) is 11.3 Å². The van der Waals surface area contributed by atoms with Gasteiger partial charge >= 0.3 is 0 Å². The zero-order chi connectivity index (χ0) is 24.1. The second-order valence-corrected chi connectivity index (χ2v) is 7.94. The Balaban J connectivity index is 1.95. The zero-order valence-corrected chi connectivity index (χ0v) is 18.4. The molecule has 2 aromatic carbocycles. The lowest BCUT2D eigenvalue weighted by Crippen LogP contribution is -2.20. The molecular weight excluding hydrogens is 448 g/mol.